The summed E-state index contributed by atoms with van der Waals surface area (Å²) < 4.78 is 17.5. The van der Waals surface area contributed by atoms with Crippen LogP contribution in [-0.4, -0.2) is 35.9 Å². The molecule has 0 spiro atoms. The SMILES string of the molecule is C=CCc1ccccc1OCCOc1c(Cl)cc(C=C(C#N)C(=O)Nc2nnc(CC)s2)cc1OCC. The van der Waals surface area contributed by atoms with Gasteiger partial charge in [0.1, 0.15) is 35.6 Å². The molecule has 0 saturated heterocycles. The lowest BCUT2D eigenvalue weighted by Gasteiger charge is -2.15. The summed E-state index contributed by atoms with van der Waals surface area (Å²) in [5.41, 5.74) is 1.43. The molecule has 8 nitrogen and oxygen atoms in total. The Labute approximate surface area is 225 Å². The first kappa shape index (κ1) is 27.7. The second-order valence-electron chi connectivity index (χ2n) is 7.54. The Morgan fingerprint density at radius 3 is 2.65 bits per heavy atom. The molecule has 0 radical (unpaired) electrons. The largest absolute Gasteiger partial charge is 0.490 e. The van der Waals surface area contributed by atoms with E-state index in [2.05, 4.69) is 22.1 Å². The predicted octanol–water partition coefficient (Wildman–Crippen LogP) is 5.88. The number of aryl methyl sites for hydroxylation is 1. The number of anilines is 1. The highest BCUT2D eigenvalue weighted by Crippen LogP contribution is 2.37. The van der Waals surface area contributed by atoms with Crippen LogP contribution in [0.2, 0.25) is 5.02 Å². The standard InChI is InChI=1S/C27H27ClN4O4S/c1-4-9-19-10-7-8-11-22(19)35-12-13-36-25-21(28)15-18(16-23(25)34-6-3)14-20(17-29)26(33)30-27-32-31-24(5-2)37-27/h4,7-8,10-11,14-16H,1,5-6,9,12-13H2,2-3H3,(H,30,32,33). The first-order valence-electron chi connectivity index (χ1n) is 11.6. The summed E-state index contributed by atoms with van der Waals surface area (Å²) in [7, 11) is 0. The van der Waals surface area contributed by atoms with Crippen molar-refractivity contribution in [1.82, 2.24) is 10.2 Å². The number of hydrogen-bond donors (Lipinski definition) is 1. The summed E-state index contributed by atoms with van der Waals surface area (Å²) in [6.45, 7) is 8.44. The average Bonchev–Trinajstić information content (AvgIpc) is 3.35. The van der Waals surface area contributed by atoms with Gasteiger partial charge < -0.3 is 14.2 Å². The Kier molecular flexibility index (Phi) is 10.5. The Bertz CT molecular complexity index is 1320. The zero-order valence-electron chi connectivity index (χ0n) is 20.6. The molecule has 0 fully saturated rings. The summed E-state index contributed by atoms with van der Waals surface area (Å²) in [5, 5.41) is 21.4. The molecule has 3 rings (SSSR count). The van der Waals surface area contributed by atoms with Crippen LogP contribution in [-0.2, 0) is 17.6 Å². The molecule has 2 aromatic carbocycles. The molecule has 37 heavy (non-hydrogen) atoms. The topological polar surface area (TPSA) is 106 Å². The van der Waals surface area contributed by atoms with Crippen molar-refractivity contribution in [3.8, 4) is 23.3 Å². The molecule has 3 aromatic rings. The number of rotatable bonds is 13. The number of nitrogens with one attached hydrogen (secondary N) is 1. The van der Waals surface area contributed by atoms with Gasteiger partial charge >= 0.3 is 0 Å². The molecule has 1 amide bonds. The second kappa shape index (κ2) is 14.0. The van der Waals surface area contributed by atoms with Crippen molar-refractivity contribution in [3.05, 3.63) is 75.8 Å². The van der Waals surface area contributed by atoms with Crippen molar-refractivity contribution < 1.29 is 19.0 Å². The normalized spacial score (nSPS) is 10.9. The van der Waals surface area contributed by atoms with E-state index in [0.717, 1.165) is 16.3 Å². The van der Waals surface area contributed by atoms with E-state index in [4.69, 9.17) is 25.8 Å². The van der Waals surface area contributed by atoms with Crippen LogP contribution in [0.1, 0.15) is 30.0 Å². The molecule has 0 aliphatic carbocycles. The fraction of sp³-hybridized carbons (Fsp3) is 0.259. The molecular weight excluding hydrogens is 512 g/mol. The number of ether oxygens (including phenoxy) is 3. The van der Waals surface area contributed by atoms with Crippen LogP contribution in [0.5, 0.6) is 17.2 Å². The number of benzene rings is 2. The van der Waals surface area contributed by atoms with E-state index in [9.17, 15) is 10.1 Å². The van der Waals surface area contributed by atoms with Gasteiger partial charge in [0.15, 0.2) is 11.5 Å². The van der Waals surface area contributed by atoms with Gasteiger partial charge in [0.05, 0.1) is 11.6 Å². The van der Waals surface area contributed by atoms with Crippen molar-refractivity contribution >= 4 is 40.1 Å². The third kappa shape index (κ3) is 7.81. The number of amides is 1. The van der Waals surface area contributed by atoms with Gasteiger partial charge in [-0.3, -0.25) is 10.1 Å². The molecular formula is C27H27ClN4O4S. The number of para-hydroxylation sites is 1. The number of halogens is 1. The van der Waals surface area contributed by atoms with E-state index >= 15 is 0 Å². The number of carbonyl (C=O) groups excluding carboxylic acids is 1. The molecule has 0 aliphatic rings. The van der Waals surface area contributed by atoms with E-state index in [1.165, 1.54) is 17.4 Å². The number of nitrogens with zero attached hydrogens (tertiary/aromatic N) is 3. The maximum absolute atomic E-state index is 12.6. The van der Waals surface area contributed by atoms with Crippen LogP contribution < -0.4 is 19.5 Å². The smallest absolute Gasteiger partial charge is 0.268 e. The third-order valence-electron chi connectivity index (χ3n) is 4.92. The highest BCUT2D eigenvalue weighted by molar-refractivity contribution is 7.15. The van der Waals surface area contributed by atoms with Gasteiger partial charge in [-0.1, -0.05) is 54.1 Å². The van der Waals surface area contributed by atoms with Gasteiger partial charge in [-0.2, -0.15) is 5.26 Å². The maximum atomic E-state index is 12.6. The van der Waals surface area contributed by atoms with Crippen LogP contribution >= 0.6 is 22.9 Å². The van der Waals surface area contributed by atoms with Gasteiger partial charge in [0.2, 0.25) is 5.13 Å². The number of allylic oxidation sites excluding steroid dienone is 1. The molecule has 1 aromatic heterocycles. The fourth-order valence-electron chi connectivity index (χ4n) is 3.27. The molecule has 0 bridgehead atoms. The first-order chi connectivity index (χ1) is 18.0. The minimum Gasteiger partial charge on any atom is -0.490 e. The summed E-state index contributed by atoms with van der Waals surface area (Å²) in [6.07, 6.45) is 4.66. The van der Waals surface area contributed by atoms with Crippen LogP contribution in [0.3, 0.4) is 0 Å². The molecule has 1 N–H and O–H groups in total. The van der Waals surface area contributed by atoms with Crippen molar-refractivity contribution in [3.63, 3.8) is 0 Å². The third-order valence-corrected chi connectivity index (χ3v) is 6.19. The molecule has 1 heterocycles. The number of aromatic nitrogens is 2. The Morgan fingerprint density at radius 2 is 1.95 bits per heavy atom. The Morgan fingerprint density at radius 1 is 1.16 bits per heavy atom. The second-order valence-corrected chi connectivity index (χ2v) is 9.01. The van der Waals surface area contributed by atoms with E-state index < -0.39 is 5.91 Å². The number of carbonyl (C=O) groups is 1. The lowest BCUT2D eigenvalue weighted by Crippen LogP contribution is -2.13. The zero-order chi connectivity index (χ0) is 26.6. The van der Waals surface area contributed by atoms with E-state index in [0.29, 0.717) is 48.2 Å². The van der Waals surface area contributed by atoms with E-state index in [-0.39, 0.29) is 17.2 Å². The average molecular weight is 539 g/mol. The van der Waals surface area contributed by atoms with Crippen LogP contribution in [0, 0.1) is 11.3 Å². The minimum atomic E-state index is -0.593. The Hall–Kier alpha value is -3.87. The van der Waals surface area contributed by atoms with E-state index in [1.807, 2.05) is 50.3 Å². The number of hydrogen-bond acceptors (Lipinski definition) is 8. The molecule has 0 atom stereocenters. The summed E-state index contributed by atoms with van der Waals surface area (Å²) >= 11 is 7.76. The van der Waals surface area contributed by atoms with Crippen LogP contribution in [0.25, 0.3) is 6.08 Å². The lowest BCUT2D eigenvalue weighted by atomic mass is 10.1. The summed E-state index contributed by atoms with van der Waals surface area (Å²) in [5.74, 6) is 0.921. The van der Waals surface area contributed by atoms with Gasteiger partial charge in [-0.25, -0.2) is 0 Å². The number of nitriles is 1. The van der Waals surface area contributed by atoms with E-state index in [1.54, 1.807) is 12.1 Å². The van der Waals surface area contributed by atoms with Gasteiger partial charge in [0, 0.05) is 0 Å². The molecule has 192 valence electrons. The minimum absolute atomic E-state index is 0.118. The maximum Gasteiger partial charge on any atom is 0.268 e. The lowest BCUT2D eigenvalue weighted by molar-refractivity contribution is -0.112. The first-order valence-corrected chi connectivity index (χ1v) is 12.8. The quantitative estimate of drug-likeness (QED) is 0.125. The monoisotopic (exact) mass is 538 g/mol. The van der Waals surface area contributed by atoms with Crippen molar-refractivity contribution in [2.24, 2.45) is 0 Å². The fourth-order valence-corrected chi connectivity index (χ4v) is 4.21. The van der Waals surface area contributed by atoms with Crippen molar-refractivity contribution in [2.75, 3.05) is 25.1 Å². The van der Waals surface area contributed by atoms with Gasteiger partial charge in [-0.05, 0) is 55.2 Å². The molecule has 0 unspecified atom stereocenters. The molecule has 0 aliphatic heterocycles. The van der Waals surface area contributed by atoms with Crippen molar-refractivity contribution in [1.29, 1.82) is 5.26 Å². The highest BCUT2D eigenvalue weighted by atomic mass is 35.5. The Balaban J connectivity index is 1.71. The van der Waals surface area contributed by atoms with Gasteiger partial charge in [0.25, 0.3) is 5.91 Å². The summed E-state index contributed by atoms with van der Waals surface area (Å²) in [6, 6.07) is 12.9. The summed E-state index contributed by atoms with van der Waals surface area (Å²) in [4.78, 5) is 12.6. The zero-order valence-corrected chi connectivity index (χ0v) is 22.2. The van der Waals surface area contributed by atoms with Crippen LogP contribution in [0.15, 0.2) is 54.6 Å². The van der Waals surface area contributed by atoms with Crippen LogP contribution in [0.4, 0.5) is 5.13 Å². The predicted molar refractivity (Wildman–Crippen MR) is 145 cm³/mol. The molecule has 0 saturated carbocycles. The van der Waals surface area contributed by atoms with Gasteiger partial charge in [-0.15, -0.1) is 16.8 Å². The highest BCUT2D eigenvalue weighted by Gasteiger charge is 2.16. The van der Waals surface area contributed by atoms with Crippen molar-refractivity contribution in [2.45, 2.75) is 26.7 Å². The molecule has 10 heteroatoms.